The number of ether oxygens (including phenoxy) is 1. The van der Waals surface area contributed by atoms with Gasteiger partial charge in [-0.05, 0) is 32.6 Å². The van der Waals surface area contributed by atoms with E-state index in [0.29, 0.717) is 0 Å². The summed E-state index contributed by atoms with van der Waals surface area (Å²) in [6, 6.07) is 0. The van der Waals surface area contributed by atoms with Crippen LogP contribution in [0.1, 0.15) is 41.5 Å². The van der Waals surface area contributed by atoms with E-state index in [-0.39, 0.29) is 5.92 Å². The molecule has 0 heterocycles. The van der Waals surface area contributed by atoms with Crippen molar-refractivity contribution in [3.05, 3.63) is 0 Å². The highest BCUT2D eigenvalue weighted by Gasteiger charge is 2.50. The maximum atomic E-state index is 11.9. The summed E-state index contributed by atoms with van der Waals surface area (Å²) < 4.78 is 5.09. The molecule has 2 atom stereocenters. The van der Waals surface area contributed by atoms with Crippen LogP contribution in [0.4, 0.5) is 0 Å². The van der Waals surface area contributed by atoms with Gasteiger partial charge in [0.1, 0.15) is 5.60 Å². The van der Waals surface area contributed by atoms with Gasteiger partial charge in [-0.25, -0.2) is 9.59 Å². The first kappa shape index (κ1) is 15.9. The van der Waals surface area contributed by atoms with Crippen molar-refractivity contribution in [3.63, 3.8) is 0 Å². The van der Waals surface area contributed by atoms with E-state index in [1.807, 2.05) is 13.8 Å². The normalized spacial score (nSPS) is 17.4. The Morgan fingerprint density at radius 2 is 1.59 bits per heavy atom. The summed E-state index contributed by atoms with van der Waals surface area (Å²) in [5, 5.41) is 9.19. The first-order valence-corrected chi connectivity index (χ1v) is 5.68. The Hall–Kier alpha value is -1.10. The molecule has 0 rings (SSSR count). The number of nitrogens with two attached hydrogens (primary N) is 1. The van der Waals surface area contributed by atoms with E-state index >= 15 is 0 Å². The fraction of sp³-hybridized carbons (Fsp3) is 0.833. The number of hydrogen-bond acceptors (Lipinski definition) is 4. The molecule has 0 aliphatic heterocycles. The van der Waals surface area contributed by atoms with E-state index in [0.717, 1.165) is 0 Å². The van der Waals surface area contributed by atoms with Crippen LogP contribution >= 0.6 is 0 Å². The number of carbonyl (C=O) groups is 2. The van der Waals surface area contributed by atoms with Gasteiger partial charge < -0.3 is 15.6 Å². The van der Waals surface area contributed by atoms with Gasteiger partial charge in [0.2, 0.25) is 5.54 Å². The van der Waals surface area contributed by atoms with Crippen molar-refractivity contribution < 1.29 is 19.4 Å². The lowest BCUT2D eigenvalue weighted by Gasteiger charge is -2.34. The van der Waals surface area contributed by atoms with Crippen molar-refractivity contribution in [2.45, 2.75) is 52.7 Å². The first-order chi connectivity index (χ1) is 7.43. The minimum Gasteiger partial charge on any atom is -0.479 e. The third-order valence-corrected chi connectivity index (χ3v) is 2.81. The molecule has 0 saturated carbocycles. The molecule has 0 saturated heterocycles. The fourth-order valence-corrected chi connectivity index (χ4v) is 1.36. The highest BCUT2D eigenvalue weighted by atomic mass is 16.6. The van der Waals surface area contributed by atoms with Crippen molar-refractivity contribution in [2.75, 3.05) is 0 Å². The van der Waals surface area contributed by atoms with Gasteiger partial charge >= 0.3 is 11.9 Å². The van der Waals surface area contributed by atoms with Crippen LogP contribution in [-0.2, 0) is 14.3 Å². The van der Waals surface area contributed by atoms with E-state index in [1.54, 1.807) is 27.7 Å². The summed E-state index contributed by atoms with van der Waals surface area (Å²) >= 11 is 0. The molecule has 0 aromatic heterocycles. The van der Waals surface area contributed by atoms with Crippen molar-refractivity contribution in [3.8, 4) is 0 Å². The molecule has 0 aromatic carbocycles. The third-order valence-electron chi connectivity index (χ3n) is 2.81. The Morgan fingerprint density at radius 1 is 1.18 bits per heavy atom. The molecule has 0 bridgehead atoms. The number of esters is 1. The van der Waals surface area contributed by atoms with E-state index < -0.39 is 29.0 Å². The predicted octanol–water partition coefficient (Wildman–Crippen LogP) is 1.40. The summed E-state index contributed by atoms with van der Waals surface area (Å²) in [5.41, 5.74) is 3.01. The Bertz CT molecular complexity index is 306. The van der Waals surface area contributed by atoms with Gasteiger partial charge in [0.15, 0.2) is 0 Å². The monoisotopic (exact) mass is 245 g/mol. The molecule has 0 aromatic rings. The standard InChI is InChI=1S/C12H23NO4/c1-7(2)8(3)12(13,9(14)15)10(16)17-11(4,5)6/h7-8H,13H2,1-6H3,(H,14,15)/t8?,12-/m0/s1. The Morgan fingerprint density at radius 3 is 1.82 bits per heavy atom. The molecule has 0 radical (unpaired) electrons. The largest absolute Gasteiger partial charge is 0.479 e. The molecular weight excluding hydrogens is 222 g/mol. The van der Waals surface area contributed by atoms with Crippen LogP contribution in [0.5, 0.6) is 0 Å². The van der Waals surface area contributed by atoms with Gasteiger partial charge in [0, 0.05) is 0 Å². The molecule has 5 nitrogen and oxygen atoms in total. The second-order valence-corrected chi connectivity index (χ2v) is 5.71. The number of hydrogen-bond donors (Lipinski definition) is 2. The van der Waals surface area contributed by atoms with E-state index in [9.17, 15) is 14.7 Å². The molecule has 100 valence electrons. The molecule has 0 aliphatic rings. The molecule has 5 heteroatoms. The van der Waals surface area contributed by atoms with Crippen LogP contribution < -0.4 is 5.73 Å². The highest BCUT2D eigenvalue weighted by Crippen LogP contribution is 2.26. The SMILES string of the molecule is CC(C)C(C)[C@](N)(C(=O)O)C(=O)OC(C)(C)C. The summed E-state index contributed by atoms with van der Waals surface area (Å²) in [7, 11) is 0. The lowest BCUT2D eigenvalue weighted by molar-refractivity contribution is -0.172. The van der Waals surface area contributed by atoms with Crippen LogP contribution in [0.15, 0.2) is 0 Å². The second kappa shape index (κ2) is 5.04. The molecule has 3 N–H and O–H groups in total. The van der Waals surface area contributed by atoms with E-state index in [4.69, 9.17) is 10.5 Å². The van der Waals surface area contributed by atoms with Crippen molar-refractivity contribution in [1.82, 2.24) is 0 Å². The topological polar surface area (TPSA) is 89.6 Å². The van der Waals surface area contributed by atoms with Gasteiger partial charge in [-0.1, -0.05) is 20.8 Å². The van der Waals surface area contributed by atoms with Crippen LogP contribution in [-0.4, -0.2) is 28.2 Å². The number of aliphatic carboxylic acids is 1. The minimum absolute atomic E-state index is 0.0383. The van der Waals surface area contributed by atoms with E-state index in [2.05, 4.69) is 0 Å². The molecule has 0 amide bonds. The Labute approximate surface area is 102 Å². The smallest absolute Gasteiger partial charge is 0.338 e. The zero-order valence-corrected chi connectivity index (χ0v) is 11.4. The maximum Gasteiger partial charge on any atom is 0.338 e. The number of carboxylic acids is 1. The average Bonchev–Trinajstić information content (AvgIpc) is 2.11. The first-order valence-electron chi connectivity index (χ1n) is 5.68. The van der Waals surface area contributed by atoms with Crippen LogP contribution in [0, 0.1) is 11.8 Å². The summed E-state index contributed by atoms with van der Waals surface area (Å²) in [4.78, 5) is 23.2. The molecule has 0 fully saturated rings. The van der Waals surface area contributed by atoms with Gasteiger partial charge in [-0.15, -0.1) is 0 Å². The minimum atomic E-state index is -2.00. The van der Waals surface area contributed by atoms with Gasteiger partial charge in [-0.3, -0.25) is 0 Å². The quantitative estimate of drug-likeness (QED) is 0.577. The molecule has 1 unspecified atom stereocenters. The van der Waals surface area contributed by atoms with Gasteiger partial charge in [0.25, 0.3) is 0 Å². The highest BCUT2D eigenvalue weighted by molar-refractivity contribution is 6.04. The lowest BCUT2D eigenvalue weighted by Crippen LogP contribution is -2.62. The lowest BCUT2D eigenvalue weighted by atomic mass is 9.78. The summed E-state index contributed by atoms with van der Waals surface area (Å²) in [5.74, 6) is -2.80. The molecular formula is C12H23NO4. The van der Waals surface area contributed by atoms with Crippen molar-refractivity contribution in [1.29, 1.82) is 0 Å². The molecule has 17 heavy (non-hydrogen) atoms. The summed E-state index contributed by atoms with van der Waals surface area (Å²) in [6.07, 6.45) is 0. The van der Waals surface area contributed by atoms with Gasteiger partial charge in [-0.2, -0.15) is 0 Å². The number of rotatable bonds is 4. The van der Waals surface area contributed by atoms with Crippen LogP contribution in [0.25, 0.3) is 0 Å². The third kappa shape index (κ3) is 3.70. The maximum absolute atomic E-state index is 11.9. The Kier molecular flexibility index (Phi) is 4.71. The van der Waals surface area contributed by atoms with Crippen molar-refractivity contribution in [2.24, 2.45) is 17.6 Å². The van der Waals surface area contributed by atoms with Gasteiger partial charge in [0.05, 0.1) is 0 Å². The van der Waals surface area contributed by atoms with Crippen LogP contribution in [0.3, 0.4) is 0 Å². The molecule has 0 aliphatic carbocycles. The second-order valence-electron chi connectivity index (χ2n) is 5.71. The Balaban J connectivity index is 5.23. The van der Waals surface area contributed by atoms with E-state index in [1.165, 1.54) is 0 Å². The summed E-state index contributed by atoms with van der Waals surface area (Å²) in [6.45, 7) is 10.3. The zero-order chi connectivity index (χ0) is 14.0. The molecule has 0 spiro atoms. The fourth-order valence-electron chi connectivity index (χ4n) is 1.36. The van der Waals surface area contributed by atoms with Crippen LogP contribution in [0.2, 0.25) is 0 Å². The van der Waals surface area contributed by atoms with Crippen molar-refractivity contribution >= 4 is 11.9 Å². The number of carbonyl (C=O) groups excluding carboxylic acids is 1. The zero-order valence-electron chi connectivity index (χ0n) is 11.4. The average molecular weight is 245 g/mol. The predicted molar refractivity (Wildman–Crippen MR) is 64.4 cm³/mol. The number of carboxylic acid groups (broad SMARTS) is 1.